The van der Waals surface area contributed by atoms with Crippen molar-refractivity contribution in [3.63, 3.8) is 0 Å². The van der Waals surface area contributed by atoms with E-state index in [9.17, 15) is 4.79 Å². The van der Waals surface area contributed by atoms with Gasteiger partial charge in [-0.3, -0.25) is 14.4 Å². The standard InChI is InChI=1S/C18H21N5O/c1-13-11-19-23(12-13)10-9-22-8-4-7-16(22)17-20-15-6-3-2-5-14(15)18(24)21-17/h2-3,5-6,11-12,16H,4,7-10H2,1H3,(H,20,21,24). The van der Waals surface area contributed by atoms with Crippen molar-refractivity contribution in [3.8, 4) is 0 Å². The highest BCUT2D eigenvalue weighted by Crippen LogP contribution is 2.29. The van der Waals surface area contributed by atoms with Crippen molar-refractivity contribution in [1.82, 2.24) is 24.6 Å². The summed E-state index contributed by atoms with van der Waals surface area (Å²) < 4.78 is 1.97. The average Bonchev–Trinajstić information content (AvgIpc) is 3.21. The Morgan fingerprint density at radius 2 is 2.17 bits per heavy atom. The van der Waals surface area contributed by atoms with E-state index >= 15 is 0 Å². The maximum atomic E-state index is 12.3. The highest BCUT2D eigenvalue weighted by molar-refractivity contribution is 5.77. The summed E-state index contributed by atoms with van der Waals surface area (Å²) in [6, 6.07) is 7.69. The van der Waals surface area contributed by atoms with Crippen molar-refractivity contribution in [2.45, 2.75) is 32.4 Å². The third-order valence-corrected chi connectivity index (χ3v) is 4.69. The van der Waals surface area contributed by atoms with Crippen molar-refractivity contribution < 1.29 is 0 Å². The lowest BCUT2D eigenvalue weighted by atomic mass is 10.2. The van der Waals surface area contributed by atoms with Crippen LogP contribution in [-0.2, 0) is 6.54 Å². The third kappa shape index (κ3) is 2.85. The van der Waals surface area contributed by atoms with Crippen LogP contribution in [0.15, 0.2) is 41.5 Å². The van der Waals surface area contributed by atoms with Gasteiger partial charge >= 0.3 is 0 Å². The van der Waals surface area contributed by atoms with Crippen LogP contribution in [0.2, 0.25) is 0 Å². The number of hydrogen-bond donors (Lipinski definition) is 1. The van der Waals surface area contributed by atoms with Gasteiger partial charge in [-0.15, -0.1) is 0 Å². The number of H-pyrrole nitrogens is 1. The second kappa shape index (κ2) is 6.20. The Morgan fingerprint density at radius 1 is 1.29 bits per heavy atom. The van der Waals surface area contributed by atoms with Crippen LogP contribution in [0.4, 0.5) is 0 Å². The van der Waals surface area contributed by atoms with E-state index < -0.39 is 0 Å². The molecule has 1 atom stereocenters. The topological polar surface area (TPSA) is 66.8 Å². The van der Waals surface area contributed by atoms with E-state index in [0.717, 1.165) is 43.8 Å². The number of aromatic nitrogens is 4. The predicted molar refractivity (Wildman–Crippen MR) is 92.9 cm³/mol. The first-order valence-electron chi connectivity index (χ1n) is 8.43. The summed E-state index contributed by atoms with van der Waals surface area (Å²) in [4.78, 5) is 22.4. The number of nitrogens with zero attached hydrogens (tertiary/aromatic N) is 4. The minimum Gasteiger partial charge on any atom is -0.309 e. The zero-order valence-corrected chi connectivity index (χ0v) is 13.8. The van der Waals surface area contributed by atoms with Gasteiger partial charge in [-0.05, 0) is 44.0 Å². The number of para-hydroxylation sites is 1. The van der Waals surface area contributed by atoms with Gasteiger partial charge in [-0.25, -0.2) is 4.98 Å². The predicted octanol–water partition coefficient (Wildman–Crippen LogP) is 2.27. The minimum absolute atomic E-state index is 0.0508. The molecule has 2 aromatic heterocycles. The Balaban J connectivity index is 1.57. The van der Waals surface area contributed by atoms with Crippen LogP contribution in [0.5, 0.6) is 0 Å². The number of fused-ring (bicyclic) bond motifs is 1. The molecule has 0 saturated carbocycles. The summed E-state index contributed by atoms with van der Waals surface area (Å²) in [6.45, 7) is 4.83. The lowest BCUT2D eigenvalue weighted by molar-refractivity contribution is 0.235. The average molecular weight is 323 g/mol. The molecule has 1 fully saturated rings. The van der Waals surface area contributed by atoms with E-state index in [1.54, 1.807) is 0 Å². The molecule has 1 unspecified atom stereocenters. The van der Waals surface area contributed by atoms with Gasteiger partial charge in [-0.1, -0.05) is 12.1 Å². The van der Waals surface area contributed by atoms with Gasteiger partial charge in [0.05, 0.1) is 29.7 Å². The summed E-state index contributed by atoms with van der Waals surface area (Å²) in [6.07, 6.45) is 6.09. The summed E-state index contributed by atoms with van der Waals surface area (Å²) in [5.41, 5.74) is 1.89. The normalized spacial score (nSPS) is 18.5. The largest absolute Gasteiger partial charge is 0.309 e. The zero-order chi connectivity index (χ0) is 16.5. The van der Waals surface area contributed by atoms with Gasteiger partial charge in [0.15, 0.2) is 0 Å². The lowest BCUT2D eigenvalue weighted by Crippen LogP contribution is -2.29. The molecule has 0 radical (unpaired) electrons. The monoisotopic (exact) mass is 323 g/mol. The van der Waals surface area contributed by atoms with Gasteiger partial charge in [0.1, 0.15) is 5.82 Å². The number of benzene rings is 1. The van der Waals surface area contributed by atoms with E-state index in [1.807, 2.05) is 42.1 Å². The first-order chi connectivity index (χ1) is 11.7. The second-order valence-corrected chi connectivity index (χ2v) is 6.44. The van der Waals surface area contributed by atoms with Crippen molar-refractivity contribution in [3.05, 3.63) is 58.4 Å². The molecule has 1 aliphatic rings. The highest BCUT2D eigenvalue weighted by atomic mass is 16.1. The van der Waals surface area contributed by atoms with Crippen LogP contribution in [0.3, 0.4) is 0 Å². The molecule has 1 N–H and O–H groups in total. The molecule has 6 heteroatoms. The Morgan fingerprint density at radius 3 is 3.00 bits per heavy atom. The first-order valence-corrected chi connectivity index (χ1v) is 8.43. The fraction of sp³-hybridized carbons (Fsp3) is 0.389. The molecule has 0 aliphatic carbocycles. The Labute approximate surface area is 140 Å². The molecule has 6 nitrogen and oxygen atoms in total. The Bertz CT molecular complexity index is 913. The molecule has 3 aromatic rings. The second-order valence-electron chi connectivity index (χ2n) is 6.44. The SMILES string of the molecule is Cc1cnn(CCN2CCCC2c2nc3ccccc3c(=O)[nH]2)c1. The molecule has 3 heterocycles. The van der Waals surface area contributed by atoms with Crippen LogP contribution in [0.1, 0.15) is 30.3 Å². The summed E-state index contributed by atoms with van der Waals surface area (Å²) in [7, 11) is 0. The van der Waals surface area contributed by atoms with Gasteiger partial charge in [-0.2, -0.15) is 5.10 Å². The summed E-state index contributed by atoms with van der Waals surface area (Å²) >= 11 is 0. The quantitative estimate of drug-likeness (QED) is 0.800. The number of nitrogens with one attached hydrogen (secondary N) is 1. The molecule has 0 bridgehead atoms. The molecule has 1 aliphatic heterocycles. The summed E-state index contributed by atoms with van der Waals surface area (Å²) in [5, 5.41) is 5.00. The molecule has 0 amide bonds. The zero-order valence-electron chi connectivity index (χ0n) is 13.8. The van der Waals surface area contributed by atoms with Gasteiger partial charge in [0, 0.05) is 12.7 Å². The lowest BCUT2D eigenvalue weighted by Gasteiger charge is -2.23. The van der Waals surface area contributed by atoms with E-state index in [4.69, 9.17) is 4.98 Å². The molecule has 1 aromatic carbocycles. The Kier molecular flexibility index (Phi) is 3.90. The van der Waals surface area contributed by atoms with Crippen LogP contribution >= 0.6 is 0 Å². The van der Waals surface area contributed by atoms with E-state index in [1.165, 1.54) is 5.56 Å². The number of rotatable bonds is 4. The van der Waals surface area contributed by atoms with E-state index in [0.29, 0.717) is 5.39 Å². The van der Waals surface area contributed by atoms with Crippen molar-refractivity contribution in [2.24, 2.45) is 0 Å². The van der Waals surface area contributed by atoms with E-state index in [2.05, 4.69) is 21.2 Å². The van der Waals surface area contributed by atoms with Crippen LogP contribution < -0.4 is 5.56 Å². The third-order valence-electron chi connectivity index (χ3n) is 4.69. The maximum Gasteiger partial charge on any atom is 0.258 e. The number of aryl methyl sites for hydroxylation is 1. The Hall–Kier alpha value is -2.47. The van der Waals surface area contributed by atoms with Gasteiger partial charge in [0.25, 0.3) is 5.56 Å². The fourth-order valence-electron chi connectivity index (χ4n) is 3.49. The molecule has 124 valence electrons. The van der Waals surface area contributed by atoms with Gasteiger partial charge in [0.2, 0.25) is 0 Å². The van der Waals surface area contributed by atoms with Crippen LogP contribution in [-0.4, -0.2) is 37.7 Å². The number of aromatic amines is 1. The highest BCUT2D eigenvalue weighted by Gasteiger charge is 2.28. The van der Waals surface area contributed by atoms with Crippen molar-refractivity contribution in [1.29, 1.82) is 0 Å². The number of likely N-dealkylation sites (tertiary alicyclic amines) is 1. The molecule has 0 spiro atoms. The molecular weight excluding hydrogens is 302 g/mol. The van der Waals surface area contributed by atoms with Crippen molar-refractivity contribution >= 4 is 10.9 Å². The van der Waals surface area contributed by atoms with Crippen LogP contribution in [0, 0.1) is 6.92 Å². The summed E-state index contributed by atoms with van der Waals surface area (Å²) in [5.74, 6) is 0.785. The minimum atomic E-state index is -0.0508. The smallest absolute Gasteiger partial charge is 0.258 e. The van der Waals surface area contributed by atoms with Crippen molar-refractivity contribution in [2.75, 3.05) is 13.1 Å². The van der Waals surface area contributed by atoms with Crippen LogP contribution in [0.25, 0.3) is 10.9 Å². The van der Waals surface area contributed by atoms with Gasteiger partial charge < -0.3 is 4.98 Å². The fourth-order valence-corrected chi connectivity index (χ4v) is 3.49. The molecular formula is C18H21N5O. The van der Waals surface area contributed by atoms with E-state index in [-0.39, 0.29) is 11.6 Å². The first kappa shape index (κ1) is 15.1. The maximum absolute atomic E-state index is 12.3. The molecule has 1 saturated heterocycles. The molecule has 4 rings (SSSR count). The number of hydrogen-bond acceptors (Lipinski definition) is 4. The molecule has 24 heavy (non-hydrogen) atoms.